The van der Waals surface area contributed by atoms with Crippen molar-refractivity contribution in [1.82, 2.24) is 10.3 Å². The maximum Gasteiger partial charge on any atom is 0.272 e. The number of thiazole rings is 1. The molecule has 0 radical (unpaired) electrons. The number of benzene rings is 3. The summed E-state index contributed by atoms with van der Waals surface area (Å²) in [5, 5.41) is 8.81. The van der Waals surface area contributed by atoms with Gasteiger partial charge in [0, 0.05) is 22.2 Å². The van der Waals surface area contributed by atoms with E-state index in [0.29, 0.717) is 22.1 Å². The molecule has 9 nitrogen and oxygen atoms in total. The fourth-order valence-corrected chi connectivity index (χ4v) is 5.38. The van der Waals surface area contributed by atoms with Crippen LogP contribution in [0.5, 0.6) is 5.75 Å². The van der Waals surface area contributed by atoms with Gasteiger partial charge < -0.3 is 25.1 Å². The topological polar surface area (TPSA) is 123 Å². The molecule has 41 heavy (non-hydrogen) atoms. The molecule has 206 valence electrons. The van der Waals surface area contributed by atoms with Crippen molar-refractivity contribution in [1.29, 1.82) is 0 Å². The van der Waals surface area contributed by atoms with Gasteiger partial charge in [-0.05, 0) is 60.7 Å². The molecule has 2 heterocycles. The number of furan rings is 1. The van der Waals surface area contributed by atoms with Crippen LogP contribution >= 0.6 is 23.1 Å². The number of fused-ring (bicyclic) bond motifs is 1. The van der Waals surface area contributed by atoms with Crippen molar-refractivity contribution in [2.24, 2.45) is 0 Å². The van der Waals surface area contributed by atoms with Crippen molar-refractivity contribution in [3.8, 4) is 5.75 Å². The molecule has 0 unspecified atom stereocenters. The number of nitrogens with zero attached hydrogens (tertiary/aromatic N) is 1. The van der Waals surface area contributed by atoms with Crippen molar-refractivity contribution >= 4 is 67.9 Å². The van der Waals surface area contributed by atoms with Crippen molar-refractivity contribution in [3.63, 3.8) is 0 Å². The van der Waals surface area contributed by atoms with E-state index in [4.69, 9.17) is 9.15 Å². The summed E-state index contributed by atoms with van der Waals surface area (Å²) in [5.74, 6) is 0.115. The van der Waals surface area contributed by atoms with Crippen LogP contribution in [0.25, 0.3) is 16.3 Å². The maximum atomic E-state index is 13.2. The lowest BCUT2D eigenvalue weighted by Crippen LogP contribution is -2.30. The SMILES string of the molecule is COc1ccc2nc(NC(=O)CSc3cccc(NC(=O)/C(=C/c4ccco4)NC(=O)c4ccccc4)c3)sc2c1. The Balaban J connectivity index is 1.21. The molecule has 3 aromatic carbocycles. The number of rotatable bonds is 10. The van der Waals surface area contributed by atoms with Gasteiger partial charge in [0.1, 0.15) is 17.2 Å². The minimum atomic E-state index is -0.530. The van der Waals surface area contributed by atoms with Crippen LogP contribution in [0.15, 0.2) is 106 Å². The number of methoxy groups -OCH3 is 1. The molecule has 0 aliphatic heterocycles. The summed E-state index contributed by atoms with van der Waals surface area (Å²) in [6, 6.07) is 24.6. The van der Waals surface area contributed by atoms with Crippen LogP contribution in [0, 0.1) is 0 Å². The van der Waals surface area contributed by atoms with Gasteiger partial charge in [0.25, 0.3) is 11.8 Å². The molecule has 0 saturated heterocycles. The van der Waals surface area contributed by atoms with Gasteiger partial charge in [0.05, 0.1) is 29.3 Å². The molecule has 3 N–H and O–H groups in total. The van der Waals surface area contributed by atoms with E-state index in [1.54, 1.807) is 67.8 Å². The third-order valence-corrected chi connectivity index (χ3v) is 7.59. The van der Waals surface area contributed by atoms with Gasteiger partial charge in [-0.15, -0.1) is 11.8 Å². The number of amides is 3. The second-order valence-electron chi connectivity index (χ2n) is 8.57. The minimum absolute atomic E-state index is 0.0136. The van der Waals surface area contributed by atoms with E-state index in [9.17, 15) is 14.4 Å². The zero-order chi connectivity index (χ0) is 28.6. The number of hydrogen-bond acceptors (Lipinski definition) is 8. The molecule has 11 heteroatoms. The molecular weight excluding hydrogens is 560 g/mol. The molecule has 2 aromatic heterocycles. The predicted molar refractivity (Wildman–Crippen MR) is 161 cm³/mol. The molecule has 0 spiro atoms. The average Bonchev–Trinajstić information content (AvgIpc) is 3.65. The number of thioether (sulfide) groups is 1. The van der Waals surface area contributed by atoms with Crippen LogP contribution < -0.4 is 20.7 Å². The van der Waals surface area contributed by atoms with Gasteiger partial charge in [-0.3, -0.25) is 14.4 Å². The van der Waals surface area contributed by atoms with E-state index in [1.807, 2.05) is 24.3 Å². The Bertz CT molecular complexity index is 1720. The quantitative estimate of drug-likeness (QED) is 0.135. The summed E-state index contributed by atoms with van der Waals surface area (Å²) < 4.78 is 11.5. The van der Waals surface area contributed by atoms with Gasteiger partial charge in [0.15, 0.2) is 5.13 Å². The Morgan fingerprint density at radius 3 is 2.61 bits per heavy atom. The van der Waals surface area contributed by atoms with E-state index in [0.717, 1.165) is 20.9 Å². The van der Waals surface area contributed by atoms with Crippen molar-refractivity contribution in [3.05, 3.63) is 108 Å². The van der Waals surface area contributed by atoms with Crippen molar-refractivity contribution in [2.45, 2.75) is 4.90 Å². The van der Waals surface area contributed by atoms with E-state index in [-0.39, 0.29) is 17.4 Å². The van der Waals surface area contributed by atoms with E-state index < -0.39 is 11.8 Å². The molecule has 0 fully saturated rings. The Morgan fingerprint density at radius 1 is 0.976 bits per heavy atom. The van der Waals surface area contributed by atoms with Crippen LogP contribution in [-0.4, -0.2) is 35.6 Å². The van der Waals surface area contributed by atoms with Crippen molar-refractivity contribution < 1.29 is 23.5 Å². The first kappa shape index (κ1) is 27.7. The molecule has 0 bridgehead atoms. The van der Waals surface area contributed by atoms with E-state index in [2.05, 4.69) is 20.9 Å². The summed E-state index contributed by atoms with van der Waals surface area (Å²) in [6.45, 7) is 0. The number of ether oxygens (including phenoxy) is 1. The highest BCUT2D eigenvalue weighted by molar-refractivity contribution is 8.00. The Morgan fingerprint density at radius 2 is 1.83 bits per heavy atom. The molecule has 0 aliphatic rings. The molecule has 3 amide bonds. The number of aromatic nitrogens is 1. The van der Waals surface area contributed by atoms with Crippen LogP contribution in [0.4, 0.5) is 10.8 Å². The summed E-state index contributed by atoms with van der Waals surface area (Å²) in [7, 11) is 1.60. The summed E-state index contributed by atoms with van der Waals surface area (Å²) >= 11 is 2.69. The fourth-order valence-electron chi connectivity index (χ4n) is 3.71. The summed E-state index contributed by atoms with van der Waals surface area (Å²) in [4.78, 5) is 43.7. The standard InChI is InChI=1S/C30H24N4O5S2/c1-38-21-12-13-24-26(17-21)41-30(33-24)34-27(35)18-40-23-11-5-9-20(15-23)31-29(37)25(16-22-10-6-14-39-22)32-28(36)19-7-3-2-4-8-19/h2-17H,18H2,1H3,(H,31,37)(H,32,36)(H,33,34,35)/b25-16-. The van der Waals surface area contributed by atoms with Gasteiger partial charge in [0.2, 0.25) is 5.91 Å². The first-order valence-electron chi connectivity index (χ1n) is 12.4. The van der Waals surface area contributed by atoms with Crippen LogP contribution in [0.2, 0.25) is 0 Å². The van der Waals surface area contributed by atoms with Crippen LogP contribution in [0.3, 0.4) is 0 Å². The lowest BCUT2D eigenvalue weighted by Gasteiger charge is -2.12. The first-order chi connectivity index (χ1) is 20.0. The lowest BCUT2D eigenvalue weighted by atomic mass is 10.2. The Labute approximate surface area is 243 Å². The largest absolute Gasteiger partial charge is 0.497 e. The average molecular weight is 585 g/mol. The normalized spacial score (nSPS) is 11.2. The van der Waals surface area contributed by atoms with Gasteiger partial charge in [-0.1, -0.05) is 35.6 Å². The van der Waals surface area contributed by atoms with Gasteiger partial charge in [-0.25, -0.2) is 4.98 Å². The molecular formula is C30H24N4O5S2. The first-order valence-corrected chi connectivity index (χ1v) is 14.2. The molecule has 0 atom stereocenters. The third-order valence-electron chi connectivity index (χ3n) is 5.66. The van der Waals surface area contributed by atoms with E-state index in [1.165, 1.54) is 35.4 Å². The highest BCUT2D eigenvalue weighted by atomic mass is 32.2. The highest BCUT2D eigenvalue weighted by Gasteiger charge is 2.16. The second-order valence-corrected chi connectivity index (χ2v) is 10.6. The Kier molecular flexibility index (Phi) is 8.77. The zero-order valence-electron chi connectivity index (χ0n) is 21.7. The number of carbonyl (C=O) groups excluding carboxylic acids is 3. The lowest BCUT2D eigenvalue weighted by molar-refractivity contribution is -0.114. The second kappa shape index (κ2) is 13.0. The minimum Gasteiger partial charge on any atom is -0.497 e. The third kappa shape index (κ3) is 7.41. The van der Waals surface area contributed by atoms with Crippen molar-refractivity contribution in [2.75, 3.05) is 23.5 Å². The summed E-state index contributed by atoms with van der Waals surface area (Å²) in [5.41, 5.74) is 1.70. The molecule has 5 rings (SSSR count). The summed E-state index contributed by atoms with van der Waals surface area (Å²) in [6.07, 6.45) is 2.93. The van der Waals surface area contributed by atoms with Crippen LogP contribution in [-0.2, 0) is 9.59 Å². The molecule has 0 aliphatic carbocycles. The fraction of sp³-hybridized carbons (Fsp3) is 0.0667. The predicted octanol–water partition coefficient (Wildman–Crippen LogP) is 6.04. The van der Waals surface area contributed by atoms with Gasteiger partial charge >= 0.3 is 0 Å². The number of carbonyl (C=O) groups is 3. The monoisotopic (exact) mass is 584 g/mol. The molecule has 5 aromatic rings. The number of anilines is 2. The maximum absolute atomic E-state index is 13.2. The smallest absolute Gasteiger partial charge is 0.272 e. The number of nitrogens with one attached hydrogen (secondary N) is 3. The van der Waals surface area contributed by atoms with Crippen LogP contribution in [0.1, 0.15) is 16.1 Å². The highest BCUT2D eigenvalue weighted by Crippen LogP contribution is 2.29. The van der Waals surface area contributed by atoms with Gasteiger partial charge in [-0.2, -0.15) is 0 Å². The zero-order valence-corrected chi connectivity index (χ0v) is 23.4. The van der Waals surface area contributed by atoms with E-state index >= 15 is 0 Å². The number of hydrogen-bond donors (Lipinski definition) is 3. The molecule has 0 saturated carbocycles. The Hall–Kier alpha value is -4.87.